The number of amides is 1. The quantitative estimate of drug-likeness (QED) is 0.897. The third-order valence-electron chi connectivity index (χ3n) is 2.67. The predicted octanol–water partition coefficient (Wildman–Crippen LogP) is 1.82. The van der Waals surface area contributed by atoms with Crippen LogP contribution in [-0.2, 0) is 4.79 Å². The maximum absolute atomic E-state index is 13.1. The average molecular weight is 315 g/mol. The maximum atomic E-state index is 13.1. The molecule has 0 aliphatic carbocycles. The minimum atomic E-state index is -0.622. The maximum Gasteiger partial charge on any atom is 0.249 e. The highest BCUT2D eigenvalue weighted by Gasteiger charge is 2.18. The summed E-state index contributed by atoms with van der Waals surface area (Å²) in [5.41, 5.74) is 5.96. The lowest BCUT2D eigenvalue weighted by molar-refractivity contribution is -0.122. The molecule has 2 atom stereocenters. The van der Waals surface area contributed by atoms with Crippen molar-refractivity contribution in [3.05, 3.63) is 36.0 Å². The fourth-order valence-corrected chi connectivity index (χ4v) is 1.56. The summed E-state index contributed by atoms with van der Waals surface area (Å²) in [4.78, 5) is 15.6. The zero-order valence-corrected chi connectivity index (χ0v) is 12.4. The van der Waals surface area contributed by atoms with Crippen LogP contribution >= 0.6 is 12.4 Å². The Hall–Kier alpha value is -1.99. The first kappa shape index (κ1) is 17.1. The van der Waals surface area contributed by atoms with Gasteiger partial charge < -0.3 is 15.6 Å². The zero-order valence-electron chi connectivity index (χ0n) is 11.5. The molecule has 21 heavy (non-hydrogen) atoms. The molecule has 2 aromatic rings. The number of carbonyl (C=O) groups excluding carboxylic acids is 1. The van der Waals surface area contributed by atoms with Gasteiger partial charge in [-0.05, 0) is 26.0 Å². The van der Waals surface area contributed by atoms with Gasteiger partial charge in [-0.15, -0.1) is 12.4 Å². The van der Waals surface area contributed by atoms with Gasteiger partial charge in [-0.2, -0.15) is 4.98 Å². The molecule has 2 rings (SSSR count). The van der Waals surface area contributed by atoms with E-state index in [1.807, 2.05) is 0 Å². The summed E-state index contributed by atoms with van der Waals surface area (Å²) in [5.74, 6) is -0.199. The standard InChI is InChI=1S/C13H15FN4O2.ClH/c1-7(15)12(19)16-8(2)13-17-11(18-20-13)9-4-3-5-10(14)6-9;/h3-8H,15H2,1-2H3,(H,16,19);1H/t7-,8?;/m1./s1. The fraction of sp³-hybridized carbons (Fsp3) is 0.308. The van der Waals surface area contributed by atoms with Gasteiger partial charge in [-0.3, -0.25) is 4.79 Å². The number of benzene rings is 1. The Labute approximate surface area is 127 Å². The van der Waals surface area contributed by atoms with E-state index >= 15 is 0 Å². The van der Waals surface area contributed by atoms with E-state index in [-0.39, 0.29) is 35.8 Å². The highest BCUT2D eigenvalue weighted by molar-refractivity contribution is 5.85. The van der Waals surface area contributed by atoms with Gasteiger partial charge in [-0.25, -0.2) is 4.39 Å². The highest BCUT2D eigenvalue weighted by Crippen LogP contribution is 2.19. The van der Waals surface area contributed by atoms with Crippen molar-refractivity contribution in [2.75, 3.05) is 0 Å². The van der Waals surface area contributed by atoms with E-state index in [4.69, 9.17) is 10.3 Å². The number of aromatic nitrogens is 2. The molecule has 0 saturated heterocycles. The minimum absolute atomic E-state index is 0. The largest absolute Gasteiger partial charge is 0.343 e. The molecule has 0 fully saturated rings. The molecule has 1 aromatic carbocycles. The molecule has 1 aromatic heterocycles. The van der Waals surface area contributed by atoms with Crippen LogP contribution in [0.4, 0.5) is 4.39 Å². The van der Waals surface area contributed by atoms with E-state index in [2.05, 4.69) is 15.5 Å². The van der Waals surface area contributed by atoms with Gasteiger partial charge in [0.25, 0.3) is 0 Å². The monoisotopic (exact) mass is 314 g/mol. The summed E-state index contributed by atoms with van der Waals surface area (Å²) >= 11 is 0. The molecule has 0 radical (unpaired) electrons. The van der Waals surface area contributed by atoms with Crippen molar-refractivity contribution in [3.8, 4) is 11.4 Å². The van der Waals surface area contributed by atoms with Crippen molar-refractivity contribution in [1.82, 2.24) is 15.5 Å². The van der Waals surface area contributed by atoms with Gasteiger partial charge in [0.2, 0.25) is 17.6 Å². The van der Waals surface area contributed by atoms with Gasteiger partial charge in [0.1, 0.15) is 11.9 Å². The van der Waals surface area contributed by atoms with Crippen LogP contribution in [0.15, 0.2) is 28.8 Å². The number of nitrogens with zero attached hydrogens (tertiary/aromatic N) is 2. The molecule has 1 unspecified atom stereocenters. The van der Waals surface area contributed by atoms with Gasteiger partial charge in [0, 0.05) is 5.56 Å². The van der Waals surface area contributed by atoms with Crippen LogP contribution in [0.2, 0.25) is 0 Å². The number of rotatable bonds is 4. The van der Waals surface area contributed by atoms with Crippen LogP contribution in [0.25, 0.3) is 11.4 Å². The molecule has 1 heterocycles. The number of hydrogen-bond donors (Lipinski definition) is 2. The number of carbonyl (C=O) groups is 1. The Bertz CT molecular complexity index is 618. The molecule has 8 heteroatoms. The summed E-state index contributed by atoms with van der Waals surface area (Å²) in [6, 6.07) is 4.77. The Morgan fingerprint density at radius 2 is 2.14 bits per heavy atom. The van der Waals surface area contributed by atoms with Crippen LogP contribution in [0.1, 0.15) is 25.8 Å². The van der Waals surface area contributed by atoms with Crippen molar-refractivity contribution in [1.29, 1.82) is 0 Å². The Morgan fingerprint density at radius 1 is 1.43 bits per heavy atom. The molecular formula is C13H16ClFN4O2. The van der Waals surface area contributed by atoms with Crippen molar-refractivity contribution in [2.45, 2.75) is 25.9 Å². The van der Waals surface area contributed by atoms with Gasteiger partial charge in [0.15, 0.2) is 0 Å². The van der Waals surface area contributed by atoms with E-state index in [1.54, 1.807) is 26.0 Å². The molecule has 114 valence electrons. The molecule has 0 aliphatic rings. The van der Waals surface area contributed by atoms with Gasteiger partial charge in [-0.1, -0.05) is 17.3 Å². The second kappa shape index (κ2) is 7.14. The number of hydrogen-bond acceptors (Lipinski definition) is 5. The van der Waals surface area contributed by atoms with Gasteiger partial charge >= 0.3 is 0 Å². The highest BCUT2D eigenvalue weighted by atomic mass is 35.5. The van der Waals surface area contributed by atoms with E-state index in [9.17, 15) is 9.18 Å². The normalized spacial score (nSPS) is 13.1. The first-order valence-corrected chi connectivity index (χ1v) is 6.13. The van der Waals surface area contributed by atoms with Crippen molar-refractivity contribution in [2.24, 2.45) is 5.73 Å². The number of nitrogens with one attached hydrogen (secondary N) is 1. The molecular weight excluding hydrogens is 299 g/mol. The molecule has 0 saturated carbocycles. The SMILES string of the molecule is CC(NC(=O)[C@@H](C)N)c1nc(-c2cccc(F)c2)no1.Cl. The van der Waals surface area contributed by atoms with E-state index in [0.717, 1.165) is 0 Å². The minimum Gasteiger partial charge on any atom is -0.343 e. The van der Waals surface area contributed by atoms with Gasteiger partial charge in [0.05, 0.1) is 6.04 Å². The first-order valence-electron chi connectivity index (χ1n) is 6.13. The summed E-state index contributed by atoms with van der Waals surface area (Å²) in [6.45, 7) is 3.27. The fourth-order valence-electron chi connectivity index (χ4n) is 1.56. The smallest absolute Gasteiger partial charge is 0.249 e. The summed E-state index contributed by atoms with van der Waals surface area (Å²) in [7, 11) is 0. The summed E-state index contributed by atoms with van der Waals surface area (Å²) < 4.78 is 18.2. The summed E-state index contributed by atoms with van der Waals surface area (Å²) in [6.07, 6.45) is 0. The van der Waals surface area contributed by atoms with E-state index in [1.165, 1.54) is 12.1 Å². The van der Waals surface area contributed by atoms with E-state index < -0.39 is 12.1 Å². The third kappa shape index (κ3) is 4.24. The average Bonchev–Trinajstić information content (AvgIpc) is 2.88. The lowest BCUT2D eigenvalue weighted by Gasteiger charge is -2.11. The van der Waals surface area contributed by atoms with Crippen molar-refractivity contribution < 1.29 is 13.7 Å². The predicted molar refractivity (Wildman–Crippen MR) is 77.1 cm³/mol. The Kier molecular flexibility index (Phi) is 5.80. The molecule has 0 bridgehead atoms. The van der Waals surface area contributed by atoms with Crippen LogP contribution in [-0.4, -0.2) is 22.1 Å². The molecule has 1 amide bonds. The Balaban J connectivity index is 0.00000220. The lowest BCUT2D eigenvalue weighted by Crippen LogP contribution is -2.39. The number of nitrogens with two attached hydrogens (primary N) is 1. The summed E-state index contributed by atoms with van der Waals surface area (Å²) in [5, 5.41) is 6.40. The molecule has 3 N–H and O–H groups in total. The Morgan fingerprint density at radius 3 is 2.76 bits per heavy atom. The van der Waals surface area contributed by atoms with Crippen LogP contribution in [0, 0.1) is 5.82 Å². The number of halogens is 2. The van der Waals surface area contributed by atoms with Crippen LogP contribution in [0.5, 0.6) is 0 Å². The zero-order chi connectivity index (χ0) is 14.7. The first-order chi connectivity index (χ1) is 9.47. The van der Waals surface area contributed by atoms with Crippen molar-refractivity contribution >= 4 is 18.3 Å². The van der Waals surface area contributed by atoms with Crippen molar-refractivity contribution in [3.63, 3.8) is 0 Å². The second-order valence-electron chi connectivity index (χ2n) is 4.49. The third-order valence-corrected chi connectivity index (χ3v) is 2.67. The van der Waals surface area contributed by atoms with E-state index in [0.29, 0.717) is 5.56 Å². The topological polar surface area (TPSA) is 94.0 Å². The lowest BCUT2D eigenvalue weighted by atomic mass is 10.2. The molecule has 0 aliphatic heterocycles. The molecule has 6 nitrogen and oxygen atoms in total. The van der Waals surface area contributed by atoms with Crippen LogP contribution in [0.3, 0.4) is 0 Å². The second-order valence-corrected chi connectivity index (χ2v) is 4.49. The van der Waals surface area contributed by atoms with Crippen LogP contribution < -0.4 is 11.1 Å². The molecule has 0 spiro atoms.